The summed E-state index contributed by atoms with van der Waals surface area (Å²) >= 11 is 6.07. The molecule has 0 radical (unpaired) electrons. The SMILES string of the molecule is COc1ccc2c(c1)N1CCN(Cc3ccc(Cl)cc3)CC1C(C(=O)NCc1ccncc1)C2. The van der Waals surface area contributed by atoms with Gasteiger partial charge in [0.1, 0.15) is 5.75 Å². The Morgan fingerprint density at radius 2 is 1.88 bits per heavy atom. The topological polar surface area (TPSA) is 57.7 Å². The molecule has 0 spiro atoms. The van der Waals surface area contributed by atoms with E-state index >= 15 is 0 Å². The number of carbonyl (C=O) groups is 1. The molecule has 34 heavy (non-hydrogen) atoms. The van der Waals surface area contributed by atoms with Crippen molar-refractivity contribution in [3.8, 4) is 5.75 Å². The number of carbonyl (C=O) groups excluding carboxylic acids is 1. The first-order valence-corrected chi connectivity index (χ1v) is 12.1. The molecule has 0 bridgehead atoms. The molecule has 1 amide bonds. The van der Waals surface area contributed by atoms with Crippen LogP contribution in [0.15, 0.2) is 67.0 Å². The highest BCUT2D eigenvalue weighted by Gasteiger charge is 2.41. The van der Waals surface area contributed by atoms with Gasteiger partial charge in [0.05, 0.1) is 19.1 Å². The van der Waals surface area contributed by atoms with Crippen LogP contribution in [0.2, 0.25) is 5.02 Å². The van der Waals surface area contributed by atoms with Crippen molar-refractivity contribution in [2.24, 2.45) is 5.92 Å². The number of hydrogen-bond donors (Lipinski definition) is 1. The van der Waals surface area contributed by atoms with Crippen molar-refractivity contribution in [2.75, 3.05) is 31.6 Å². The minimum absolute atomic E-state index is 0.0955. The highest BCUT2D eigenvalue weighted by atomic mass is 35.5. The summed E-state index contributed by atoms with van der Waals surface area (Å²) in [5.41, 5.74) is 4.67. The Balaban J connectivity index is 1.37. The van der Waals surface area contributed by atoms with Crippen molar-refractivity contribution in [3.63, 3.8) is 0 Å². The van der Waals surface area contributed by atoms with Gasteiger partial charge in [-0.3, -0.25) is 14.7 Å². The van der Waals surface area contributed by atoms with Crippen molar-refractivity contribution in [1.29, 1.82) is 0 Å². The lowest BCUT2D eigenvalue weighted by Crippen LogP contribution is -2.60. The van der Waals surface area contributed by atoms with Gasteiger partial charge in [-0.05, 0) is 53.4 Å². The first kappa shape index (κ1) is 22.7. The van der Waals surface area contributed by atoms with Crippen LogP contribution in [0.1, 0.15) is 16.7 Å². The second-order valence-corrected chi connectivity index (χ2v) is 9.44. The van der Waals surface area contributed by atoms with Crippen LogP contribution in [0.4, 0.5) is 5.69 Å². The minimum atomic E-state index is -0.129. The molecule has 7 heteroatoms. The van der Waals surface area contributed by atoms with Gasteiger partial charge in [0, 0.05) is 61.9 Å². The molecule has 176 valence electrons. The molecule has 3 heterocycles. The lowest BCUT2D eigenvalue weighted by Gasteiger charge is -2.49. The fourth-order valence-corrected chi connectivity index (χ4v) is 5.20. The largest absolute Gasteiger partial charge is 0.497 e. The standard InChI is InChI=1S/C27H29ClN4O2/c1-34-23-7-4-21-14-24(27(33)30-16-19-8-10-29-11-9-19)26-18-31(12-13-32(26)25(21)15-23)17-20-2-5-22(28)6-3-20/h2-11,15,24,26H,12-14,16-18H2,1H3,(H,30,33). The summed E-state index contributed by atoms with van der Waals surface area (Å²) in [4.78, 5) is 22.4. The Bertz CT molecular complexity index is 1140. The van der Waals surface area contributed by atoms with E-state index in [1.54, 1.807) is 19.5 Å². The predicted molar refractivity (Wildman–Crippen MR) is 134 cm³/mol. The quantitative estimate of drug-likeness (QED) is 0.584. The average Bonchev–Trinajstić information content (AvgIpc) is 2.88. The first-order valence-electron chi connectivity index (χ1n) is 11.7. The maximum absolute atomic E-state index is 13.5. The molecule has 1 saturated heterocycles. The zero-order chi connectivity index (χ0) is 23.5. The lowest BCUT2D eigenvalue weighted by molar-refractivity contribution is -0.126. The van der Waals surface area contributed by atoms with Gasteiger partial charge in [0.25, 0.3) is 0 Å². The summed E-state index contributed by atoms with van der Waals surface area (Å²) in [7, 11) is 1.70. The summed E-state index contributed by atoms with van der Waals surface area (Å²) in [5.74, 6) is 0.819. The molecular formula is C27H29ClN4O2. The number of nitrogens with zero attached hydrogens (tertiary/aromatic N) is 3. The van der Waals surface area contributed by atoms with Crippen molar-refractivity contribution in [2.45, 2.75) is 25.6 Å². The monoisotopic (exact) mass is 476 g/mol. The van der Waals surface area contributed by atoms with Crippen LogP contribution in [-0.2, 0) is 24.3 Å². The summed E-state index contributed by atoms with van der Waals surface area (Å²) in [6, 6.07) is 18.2. The normalized spacial score (nSPS) is 19.8. The lowest BCUT2D eigenvalue weighted by atomic mass is 9.83. The molecule has 2 unspecified atom stereocenters. The Hall–Kier alpha value is -3.09. The maximum Gasteiger partial charge on any atom is 0.225 e. The number of rotatable bonds is 6. The van der Waals surface area contributed by atoms with Gasteiger partial charge in [-0.15, -0.1) is 0 Å². The van der Waals surface area contributed by atoms with Crippen LogP contribution in [0, 0.1) is 5.92 Å². The van der Waals surface area contributed by atoms with E-state index in [2.05, 4.69) is 44.4 Å². The van der Waals surface area contributed by atoms with Crippen LogP contribution in [0.3, 0.4) is 0 Å². The Morgan fingerprint density at radius 3 is 2.65 bits per heavy atom. The van der Waals surface area contributed by atoms with Crippen LogP contribution in [0.5, 0.6) is 5.75 Å². The van der Waals surface area contributed by atoms with E-state index in [-0.39, 0.29) is 17.9 Å². The second-order valence-electron chi connectivity index (χ2n) is 9.00. The van der Waals surface area contributed by atoms with Gasteiger partial charge in [0.15, 0.2) is 0 Å². The van der Waals surface area contributed by atoms with Crippen LogP contribution in [0.25, 0.3) is 0 Å². The molecule has 0 aliphatic carbocycles. The third-order valence-electron chi connectivity index (χ3n) is 6.88. The molecule has 0 saturated carbocycles. The fourth-order valence-electron chi connectivity index (χ4n) is 5.08. The number of nitrogens with one attached hydrogen (secondary N) is 1. The molecule has 1 N–H and O–H groups in total. The van der Waals surface area contributed by atoms with Crippen LogP contribution < -0.4 is 15.0 Å². The van der Waals surface area contributed by atoms with Gasteiger partial charge < -0.3 is 15.0 Å². The zero-order valence-corrected chi connectivity index (χ0v) is 20.0. The number of anilines is 1. The highest BCUT2D eigenvalue weighted by molar-refractivity contribution is 6.30. The van der Waals surface area contributed by atoms with Gasteiger partial charge in [-0.1, -0.05) is 29.8 Å². The Kier molecular flexibility index (Phi) is 6.70. The van der Waals surface area contributed by atoms with Gasteiger partial charge in [0.2, 0.25) is 5.91 Å². The number of ether oxygens (including phenoxy) is 1. The number of fused-ring (bicyclic) bond motifs is 3. The number of hydrogen-bond acceptors (Lipinski definition) is 5. The summed E-state index contributed by atoms with van der Waals surface area (Å²) < 4.78 is 5.50. The molecule has 1 aromatic heterocycles. The number of amides is 1. The predicted octanol–water partition coefficient (Wildman–Crippen LogP) is 3.92. The molecule has 2 aromatic carbocycles. The Morgan fingerprint density at radius 1 is 1.09 bits per heavy atom. The van der Waals surface area contributed by atoms with Crippen LogP contribution in [-0.4, -0.2) is 48.6 Å². The molecule has 5 rings (SSSR count). The molecular weight excluding hydrogens is 448 g/mol. The average molecular weight is 477 g/mol. The van der Waals surface area contributed by atoms with Crippen molar-refractivity contribution in [1.82, 2.24) is 15.2 Å². The summed E-state index contributed by atoms with van der Waals surface area (Å²) in [6.07, 6.45) is 4.23. The zero-order valence-electron chi connectivity index (χ0n) is 19.3. The molecule has 2 atom stereocenters. The van der Waals surface area contributed by atoms with Gasteiger partial charge in [-0.25, -0.2) is 0 Å². The molecule has 6 nitrogen and oxygen atoms in total. The number of pyridine rings is 1. The van der Waals surface area contributed by atoms with E-state index < -0.39 is 0 Å². The van der Waals surface area contributed by atoms with E-state index in [1.807, 2.05) is 30.3 Å². The molecule has 1 fully saturated rings. The number of halogens is 1. The number of piperazine rings is 1. The van der Waals surface area contributed by atoms with Crippen molar-refractivity contribution >= 4 is 23.2 Å². The van der Waals surface area contributed by atoms with E-state index in [0.717, 1.165) is 48.9 Å². The number of aromatic nitrogens is 1. The van der Waals surface area contributed by atoms with E-state index in [1.165, 1.54) is 16.8 Å². The minimum Gasteiger partial charge on any atom is -0.497 e. The highest BCUT2D eigenvalue weighted by Crippen LogP contribution is 2.38. The third kappa shape index (κ3) is 4.88. The second kappa shape index (κ2) is 10.0. The van der Waals surface area contributed by atoms with Gasteiger partial charge in [-0.2, -0.15) is 0 Å². The summed E-state index contributed by atoms with van der Waals surface area (Å²) in [5, 5.41) is 3.92. The first-order chi connectivity index (χ1) is 16.6. The number of methoxy groups -OCH3 is 1. The molecule has 2 aliphatic rings. The fraction of sp³-hybridized carbons (Fsp3) is 0.333. The number of benzene rings is 2. The smallest absolute Gasteiger partial charge is 0.225 e. The van der Waals surface area contributed by atoms with Crippen LogP contribution >= 0.6 is 11.6 Å². The Labute approximate surface area is 205 Å². The third-order valence-corrected chi connectivity index (χ3v) is 7.13. The van der Waals surface area contributed by atoms with Gasteiger partial charge >= 0.3 is 0 Å². The molecule has 3 aromatic rings. The van der Waals surface area contributed by atoms with E-state index in [4.69, 9.17) is 16.3 Å². The van der Waals surface area contributed by atoms with E-state index in [0.29, 0.717) is 6.54 Å². The van der Waals surface area contributed by atoms with Crippen molar-refractivity contribution in [3.05, 3.63) is 88.7 Å². The molecule has 2 aliphatic heterocycles. The van der Waals surface area contributed by atoms with E-state index in [9.17, 15) is 4.79 Å². The maximum atomic E-state index is 13.5. The van der Waals surface area contributed by atoms with Crippen molar-refractivity contribution < 1.29 is 9.53 Å². The summed E-state index contributed by atoms with van der Waals surface area (Å²) in [6.45, 7) is 3.98.